The van der Waals surface area contributed by atoms with Crippen LogP contribution in [-0.4, -0.2) is 42.4 Å². The van der Waals surface area contributed by atoms with E-state index < -0.39 is 25.0 Å². The van der Waals surface area contributed by atoms with Crippen LogP contribution in [0.1, 0.15) is 28.8 Å². The predicted molar refractivity (Wildman–Crippen MR) is 96.2 cm³/mol. The van der Waals surface area contributed by atoms with Crippen molar-refractivity contribution in [3.8, 4) is 11.6 Å². The normalized spacial score (nSPS) is 18.5. The fourth-order valence-electron chi connectivity index (χ4n) is 3.51. The first kappa shape index (κ1) is 19.2. The Balaban J connectivity index is 1.44. The molecule has 2 heterocycles. The topological polar surface area (TPSA) is 68.7 Å². The Hall–Kier alpha value is -3.10. The van der Waals surface area contributed by atoms with Gasteiger partial charge in [-0.3, -0.25) is 9.59 Å². The number of Topliss-reactive ketones (excluding diaryl/α,β-unsaturated/α-hetero) is 1. The summed E-state index contributed by atoms with van der Waals surface area (Å²) in [4.78, 5) is 29.9. The average Bonchev–Trinajstić information content (AvgIpc) is 3.25. The van der Waals surface area contributed by atoms with Gasteiger partial charge >= 0.3 is 0 Å². The van der Waals surface area contributed by atoms with Crippen LogP contribution in [0.25, 0.3) is 0 Å². The smallest absolute Gasteiger partial charge is 0.272 e. The average molecular weight is 406 g/mol. The van der Waals surface area contributed by atoms with E-state index in [1.165, 1.54) is 29.3 Å². The Bertz CT molecular complexity index is 949. The first-order valence-corrected chi connectivity index (χ1v) is 9.13. The lowest BCUT2D eigenvalue weighted by molar-refractivity contribution is -0.122. The number of alkyl halides is 2. The van der Waals surface area contributed by atoms with Crippen molar-refractivity contribution >= 4 is 17.4 Å². The van der Waals surface area contributed by atoms with Gasteiger partial charge in [0.15, 0.2) is 18.5 Å². The minimum absolute atomic E-state index is 0.0234. The van der Waals surface area contributed by atoms with Gasteiger partial charge in [-0.05, 0) is 30.2 Å². The van der Waals surface area contributed by atoms with Crippen molar-refractivity contribution in [1.82, 2.24) is 4.98 Å². The zero-order valence-electron chi connectivity index (χ0n) is 15.2. The molecule has 1 amide bonds. The Morgan fingerprint density at radius 1 is 1.21 bits per heavy atom. The largest absolute Gasteiger partial charge is 0.479 e. The molecule has 2 aliphatic rings. The van der Waals surface area contributed by atoms with Gasteiger partial charge in [-0.1, -0.05) is 0 Å². The van der Waals surface area contributed by atoms with E-state index in [2.05, 4.69) is 4.98 Å². The van der Waals surface area contributed by atoms with E-state index in [0.29, 0.717) is 36.2 Å². The third-order valence-corrected chi connectivity index (χ3v) is 4.90. The van der Waals surface area contributed by atoms with Crippen LogP contribution in [0, 0.1) is 5.82 Å². The third-order valence-electron chi connectivity index (χ3n) is 4.90. The van der Waals surface area contributed by atoms with Crippen LogP contribution >= 0.6 is 0 Å². The van der Waals surface area contributed by atoms with Gasteiger partial charge in [-0.15, -0.1) is 0 Å². The fraction of sp³-hybridized carbons (Fsp3) is 0.350. The summed E-state index contributed by atoms with van der Waals surface area (Å²) in [5.74, 6) is -0.655. The van der Waals surface area contributed by atoms with E-state index in [1.807, 2.05) is 0 Å². The van der Waals surface area contributed by atoms with Crippen LogP contribution in [0.15, 0.2) is 30.5 Å². The highest BCUT2D eigenvalue weighted by atomic mass is 19.3. The molecule has 0 N–H and O–H groups in total. The Morgan fingerprint density at radius 3 is 2.76 bits per heavy atom. The van der Waals surface area contributed by atoms with Crippen molar-refractivity contribution in [3.05, 3.63) is 47.4 Å². The number of aromatic nitrogens is 1. The van der Waals surface area contributed by atoms with Crippen molar-refractivity contribution in [2.75, 3.05) is 18.1 Å². The summed E-state index contributed by atoms with van der Waals surface area (Å²) in [7, 11) is 0. The van der Waals surface area contributed by atoms with Crippen LogP contribution in [0.3, 0.4) is 0 Å². The molecule has 1 aromatic heterocycles. The zero-order chi connectivity index (χ0) is 20.5. The van der Waals surface area contributed by atoms with Gasteiger partial charge in [-0.25, -0.2) is 18.2 Å². The molecule has 4 rings (SSSR count). The monoisotopic (exact) mass is 406 g/mol. The lowest BCUT2D eigenvalue weighted by Gasteiger charge is -2.18. The maximum Gasteiger partial charge on any atom is 0.272 e. The molecule has 0 unspecified atom stereocenters. The number of benzene rings is 1. The van der Waals surface area contributed by atoms with Crippen molar-refractivity contribution in [2.24, 2.45) is 0 Å². The molecule has 0 saturated carbocycles. The number of ether oxygens (including phenoxy) is 2. The number of amides is 1. The minimum Gasteiger partial charge on any atom is -0.479 e. The summed E-state index contributed by atoms with van der Waals surface area (Å²) < 4.78 is 49.0. The number of fused-ring (bicyclic) bond motifs is 1. The van der Waals surface area contributed by atoms with Crippen molar-refractivity contribution in [2.45, 2.75) is 31.8 Å². The molecule has 1 aliphatic heterocycles. The molecule has 6 nitrogen and oxygen atoms in total. The highest BCUT2D eigenvalue weighted by Gasteiger charge is 2.36. The van der Waals surface area contributed by atoms with Gasteiger partial charge in [0.05, 0.1) is 6.20 Å². The summed E-state index contributed by atoms with van der Waals surface area (Å²) >= 11 is 0. The molecule has 1 aliphatic carbocycles. The summed E-state index contributed by atoms with van der Waals surface area (Å²) in [5, 5.41) is 0. The van der Waals surface area contributed by atoms with Crippen LogP contribution < -0.4 is 14.4 Å². The minimum atomic E-state index is -2.60. The molecule has 0 spiro atoms. The molecule has 9 heteroatoms. The maximum absolute atomic E-state index is 14.3. The van der Waals surface area contributed by atoms with E-state index >= 15 is 0 Å². The van der Waals surface area contributed by atoms with E-state index in [0.717, 1.165) is 0 Å². The van der Waals surface area contributed by atoms with Crippen molar-refractivity contribution in [3.63, 3.8) is 0 Å². The number of nitrogens with zero attached hydrogens (tertiary/aromatic N) is 2. The molecule has 1 aromatic carbocycles. The van der Waals surface area contributed by atoms with Crippen molar-refractivity contribution < 1.29 is 32.2 Å². The third kappa shape index (κ3) is 3.90. The number of hydrogen-bond acceptors (Lipinski definition) is 5. The van der Waals surface area contributed by atoms with E-state index in [-0.39, 0.29) is 29.7 Å². The number of carbonyl (C=O) groups excluding carboxylic acids is 2. The van der Waals surface area contributed by atoms with E-state index in [1.54, 1.807) is 6.07 Å². The lowest BCUT2D eigenvalue weighted by Crippen LogP contribution is -2.32. The number of ketones is 1. The lowest BCUT2D eigenvalue weighted by atomic mass is 10.1. The van der Waals surface area contributed by atoms with E-state index in [4.69, 9.17) is 9.47 Å². The molecule has 1 saturated heterocycles. The SMILES string of the molecule is O=C1CCc2c(F)cc(N3CC[C@@H](Oc4ccc(OCC(F)F)nc4)C3=O)cc21. The Labute approximate surface area is 164 Å². The molecule has 1 atom stereocenters. The summed E-state index contributed by atoms with van der Waals surface area (Å²) in [6.45, 7) is -0.442. The Kier molecular flexibility index (Phi) is 5.12. The van der Waals surface area contributed by atoms with Crippen LogP contribution in [0.5, 0.6) is 11.6 Å². The van der Waals surface area contributed by atoms with Gasteiger partial charge in [0.1, 0.15) is 11.6 Å². The first-order chi connectivity index (χ1) is 13.9. The van der Waals surface area contributed by atoms with Gasteiger partial charge in [0.25, 0.3) is 12.3 Å². The summed E-state index contributed by atoms with van der Waals surface area (Å²) in [6.07, 6.45) is -1.09. The molecule has 2 aromatic rings. The van der Waals surface area contributed by atoms with E-state index in [9.17, 15) is 22.8 Å². The molecule has 1 fully saturated rings. The number of pyridine rings is 1. The highest BCUT2D eigenvalue weighted by Crippen LogP contribution is 2.32. The molecular weight excluding hydrogens is 389 g/mol. The van der Waals surface area contributed by atoms with Crippen LogP contribution in [0.4, 0.5) is 18.9 Å². The Morgan fingerprint density at radius 2 is 2.03 bits per heavy atom. The highest BCUT2D eigenvalue weighted by molar-refractivity contribution is 6.04. The van der Waals surface area contributed by atoms with Gasteiger partial charge in [-0.2, -0.15) is 0 Å². The number of hydrogen-bond donors (Lipinski definition) is 0. The number of halogens is 3. The summed E-state index contributed by atoms with van der Waals surface area (Å²) in [6, 6.07) is 5.67. The second-order valence-corrected chi connectivity index (χ2v) is 6.80. The number of rotatable bonds is 6. The molecule has 0 bridgehead atoms. The standard InChI is InChI=1S/C20H17F3N2O4/c21-15-8-11(7-14-13(15)2-3-16(14)26)25-6-5-17(20(25)27)29-12-1-4-19(24-9-12)28-10-18(22)23/h1,4,7-9,17-18H,2-3,5-6,10H2/t17-/m1/s1. The van der Waals surface area contributed by atoms with Crippen LogP contribution in [0.2, 0.25) is 0 Å². The maximum atomic E-state index is 14.3. The van der Waals surface area contributed by atoms with Gasteiger partial charge in [0, 0.05) is 36.7 Å². The number of carbonyl (C=O) groups is 2. The van der Waals surface area contributed by atoms with Crippen LogP contribution in [-0.2, 0) is 11.2 Å². The first-order valence-electron chi connectivity index (χ1n) is 9.13. The molecular formula is C20H17F3N2O4. The van der Waals surface area contributed by atoms with Gasteiger partial charge < -0.3 is 14.4 Å². The second kappa shape index (κ2) is 7.73. The number of anilines is 1. The molecule has 29 heavy (non-hydrogen) atoms. The molecule has 152 valence electrons. The molecule has 0 radical (unpaired) electrons. The quantitative estimate of drug-likeness (QED) is 0.737. The van der Waals surface area contributed by atoms with Gasteiger partial charge in [0.2, 0.25) is 5.88 Å². The predicted octanol–water partition coefficient (Wildman–Crippen LogP) is 3.18. The second-order valence-electron chi connectivity index (χ2n) is 6.80. The zero-order valence-corrected chi connectivity index (χ0v) is 15.2. The van der Waals surface area contributed by atoms with Crippen molar-refractivity contribution in [1.29, 1.82) is 0 Å². The summed E-state index contributed by atoms with van der Waals surface area (Å²) in [5.41, 5.74) is 1.07. The fourth-order valence-corrected chi connectivity index (χ4v) is 3.51.